The summed E-state index contributed by atoms with van der Waals surface area (Å²) in [4.78, 5) is 28.8. The zero-order valence-electron chi connectivity index (χ0n) is 16.1. The van der Waals surface area contributed by atoms with Crippen molar-refractivity contribution in [2.75, 3.05) is 10.6 Å². The number of pyridine rings is 1. The van der Waals surface area contributed by atoms with E-state index in [4.69, 9.17) is 0 Å². The van der Waals surface area contributed by atoms with E-state index < -0.39 is 0 Å². The van der Waals surface area contributed by atoms with Crippen LogP contribution in [0, 0.1) is 13.8 Å². The Balaban J connectivity index is 1.70. The Hall–Kier alpha value is -3.25. The quantitative estimate of drug-likeness (QED) is 0.514. The molecule has 0 unspecified atom stereocenters. The molecule has 2 aromatic carbocycles. The van der Waals surface area contributed by atoms with Gasteiger partial charge < -0.3 is 10.6 Å². The molecular weight excluding hydrogens is 430 g/mol. The molecule has 0 aliphatic rings. The number of hydrogen-bond acceptors (Lipinski definition) is 3. The molecule has 0 bridgehead atoms. The second-order valence-electron chi connectivity index (χ2n) is 6.56. The topological polar surface area (TPSA) is 71.1 Å². The van der Waals surface area contributed by atoms with Crippen LogP contribution in [0.5, 0.6) is 0 Å². The third-order valence-corrected chi connectivity index (χ3v) is 5.15. The molecule has 6 heteroatoms. The van der Waals surface area contributed by atoms with Crippen LogP contribution in [0.3, 0.4) is 0 Å². The Morgan fingerprint density at radius 2 is 1.79 bits per heavy atom. The average molecular weight is 450 g/mol. The maximum absolute atomic E-state index is 12.5. The van der Waals surface area contributed by atoms with Crippen LogP contribution in [0.4, 0.5) is 11.4 Å². The summed E-state index contributed by atoms with van der Waals surface area (Å²) in [6.07, 6.45) is 6.49. The van der Waals surface area contributed by atoms with Crippen LogP contribution in [0.15, 0.2) is 71.5 Å². The molecule has 0 spiro atoms. The highest BCUT2D eigenvalue weighted by molar-refractivity contribution is 9.10. The molecule has 146 valence electrons. The van der Waals surface area contributed by atoms with E-state index in [0.29, 0.717) is 16.9 Å². The maximum Gasteiger partial charge on any atom is 0.255 e. The number of carbonyl (C=O) groups excluding carboxylic acids is 2. The van der Waals surface area contributed by atoms with Gasteiger partial charge in [-0.25, -0.2) is 0 Å². The standard InChI is InChI=1S/C23H20BrN3O2/c1-15-5-8-18(12-20(15)24)23(29)26-19-9-6-16(2)21(13-19)27-22(28)10-7-17-4-3-11-25-14-17/h3-14H,1-2H3,(H,26,29)(H,27,28)/b10-7+. The third-order valence-electron chi connectivity index (χ3n) is 4.30. The summed E-state index contributed by atoms with van der Waals surface area (Å²) in [5.41, 5.74) is 4.57. The van der Waals surface area contributed by atoms with Crippen LogP contribution in [0.25, 0.3) is 6.08 Å². The van der Waals surface area contributed by atoms with Gasteiger partial charge in [-0.3, -0.25) is 14.6 Å². The minimum atomic E-state index is -0.261. The number of aryl methyl sites for hydroxylation is 2. The summed E-state index contributed by atoms with van der Waals surface area (Å²) < 4.78 is 0.877. The van der Waals surface area contributed by atoms with Crippen molar-refractivity contribution in [1.82, 2.24) is 4.98 Å². The lowest BCUT2D eigenvalue weighted by Gasteiger charge is -2.11. The summed E-state index contributed by atoms with van der Waals surface area (Å²) in [5.74, 6) is -0.480. The van der Waals surface area contributed by atoms with Gasteiger partial charge in [0, 0.05) is 39.9 Å². The van der Waals surface area contributed by atoms with Crippen molar-refractivity contribution in [2.45, 2.75) is 13.8 Å². The normalized spacial score (nSPS) is 10.7. The van der Waals surface area contributed by atoms with Crippen LogP contribution in [0.1, 0.15) is 27.0 Å². The second kappa shape index (κ2) is 9.30. The highest BCUT2D eigenvalue weighted by Gasteiger charge is 2.10. The van der Waals surface area contributed by atoms with E-state index in [-0.39, 0.29) is 11.8 Å². The molecule has 5 nitrogen and oxygen atoms in total. The first-order valence-electron chi connectivity index (χ1n) is 8.99. The van der Waals surface area contributed by atoms with Gasteiger partial charge in [-0.05, 0) is 66.9 Å². The fourth-order valence-corrected chi connectivity index (χ4v) is 2.97. The van der Waals surface area contributed by atoms with Gasteiger partial charge in [0.15, 0.2) is 0 Å². The van der Waals surface area contributed by atoms with Crippen LogP contribution in [-0.4, -0.2) is 16.8 Å². The molecule has 29 heavy (non-hydrogen) atoms. The van der Waals surface area contributed by atoms with Gasteiger partial charge in [-0.2, -0.15) is 0 Å². The van der Waals surface area contributed by atoms with E-state index in [9.17, 15) is 9.59 Å². The van der Waals surface area contributed by atoms with Gasteiger partial charge in [0.2, 0.25) is 5.91 Å². The molecule has 2 N–H and O–H groups in total. The fourth-order valence-electron chi connectivity index (χ4n) is 2.59. The number of nitrogens with zero attached hydrogens (tertiary/aromatic N) is 1. The minimum Gasteiger partial charge on any atom is -0.322 e. The smallest absolute Gasteiger partial charge is 0.255 e. The Morgan fingerprint density at radius 3 is 2.52 bits per heavy atom. The number of aromatic nitrogens is 1. The monoisotopic (exact) mass is 449 g/mol. The molecule has 1 aromatic heterocycles. The van der Waals surface area contributed by atoms with Gasteiger partial charge in [-0.15, -0.1) is 0 Å². The van der Waals surface area contributed by atoms with E-state index >= 15 is 0 Å². The van der Waals surface area contributed by atoms with Crippen molar-refractivity contribution < 1.29 is 9.59 Å². The number of hydrogen-bond donors (Lipinski definition) is 2. The van der Waals surface area contributed by atoms with Gasteiger partial charge in [0.25, 0.3) is 5.91 Å². The average Bonchev–Trinajstić information content (AvgIpc) is 2.71. The van der Waals surface area contributed by atoms with Crippen molar-refractivity contribution in [1.29, 1.82) is 0 Å². The van der Waals surface area contributed by atoms with E-state index in [1.54, 1.807) is 48.8 Å². The molecular formula is C23H20BrN3O2. The molecule has 3 aromatic rings. The number of nitrogens with one attached hydrogen (secondary N) is 2. The SMILES string of the molecule is Cc1ccc(C(=O)Nc2ccc(C)c(NC(=O)/C=C/c3cccnc3)c2)cc1Br. The van der Waals surface area contributed by atoms with Crippen LogP contribution in [-0.2, 0) is 4.79 Å². The third kappa shape index (κ3) is 5.62. The summed E-state index contributed by atoms with van der Waals surface area (Å²) >= 11 is 3.44. The number of rotatable bonds is 5. The first-order valence-corrected chi connectivity index (χ1v) is 9.79. The van der Waals surface area contributed by atoms with E-state index in [2.05, 4.69) is 31.5 Å². The number of carbonyl (C=O) groups is 2. The zero-order chi connectivity index (χ0) is 20.8. The molecule has 0 atom stereocenters. The molecule has 0 aliphatic heterocycles. The Morgan fingerprint density at radius 1 is 1.00 bits per heavy atom. The number of halogens is 1. The highest BCUT2D eigenvalue weighted by Crippen LogP contribution is 2.22. The molecule has 3 rings (SSSR count). The van der Waals surface area contributed by atoms with Crippen LogP contribution >= 0.6 is 15.9 Å². The Labute approximate surface area is 178 Å². The molecule has 0 saturated carbocycles. The number of amides is 2. The van der Waals surface area contributed by atoms with Crippen LogP contribution in [0.2, 0.25) is 0 Å². The van der Waals surface area contributed by atoms with Crippen LogP contribution < -0.4 is 10.6 Å². The minimum absolute atomic E-state index is 0.219. The van der Waals surface area contributed by atoms with Crippen molar-refractivity contribution >= 4 is 45.2 Å². The van der Waals surface area contributed by atoms with E-state index in [0.717, 1.165) is 21.2 Å². The Kier molecular flexibility index (Phi) is 6.57. The molecule has 0 aliphatic carbocycles. The molecule has 1 heterocycles. The molecule has 0 saturated heterocycles. The summed E-state index contributed by atoms with van der Waals surface area (Å²) in [6, 6.07) is 14.5. The lowest BCUT2D eigenvalue weighted by Crippen LogP contribution is -2.13. The maximum atomic E-state index is 12.5. The van der Waals surface area contributed by atoms with Gasteiger partial charge in [0.05, 0.1) is 0 Å². The first kappa shape index (κ1) is 20.5. The van der Waals surface area contributed by atoms with Crippen molar-refractivity contribution in [3.63, 3.8) is 0 Å². The fraction of sp³-hybridized carbons (Fsp3) is 0.0870. The summed E-state index contributed by atoms with van der Waals surface area (Å²) in [6.45, 7) is 3.85. The predicted molar refractivity (Wildman–Crippen MR) is 120 cm³/mol. The predicted octanol–water partition coefficient (Wildman–Crippen LogP) is 5.37. The van der Waals surface area contributed by atoms with Gasteiger partial charge >= 0.3 is 0 Å². The first-order chi connectivity index (χ1) is 13.9. The largest absolute Gasteiger partial charge is 0.322 e. The summed E-state index contributed by atoms with van der Waals surface area (Å²) in [7, 11) is 0. The number of anilines is 2. The molecule has 2 amide bonds. The Bertz CT molecular complexity index is 1080. The van der Waals surface area contributed by atoms with E-state index in [1.807, 2.05) is 32.0 Å². The van der Waals surface area contributed by atoms with Gasteiger partial charge in [0.1, 0.15) is 0 Å². The van der Waals surface area contributed by atoms with Gasteiger partial charge in [-0.1, -0.05) is 34.1 Å². The molecule has 0 radical (unpaired) electrons. The lowest BCUT2D eigenvalue weighted by atomic mass is 10.1. The van der Waals surface area contributed by atoms with Crippen molar-refractivity contribution in [3.05, 3.63) is 93.7 Å². The highest BCUT2D eigenvalue weighted by atomic mass is 79.9. The molecule has 0 fully saturated rings. The van der Waals surface area contributed by atoms with E-state index in [1.165, 1.54) is 6.08 Å². The van der Waals surface area contributed by atoms with Crippen molar-refractivity contribution in [2.24, 2.45) is 0 Å². The second-order valence-corrected chi connectivity index (χ2v) is 7.41. The van der Waals surface area contributed by atoms with Crippen molar-refractivity contribution in [3.8, 4) is 0 Å². The number of benzene rings is 2. The lowest BCUT2D eigenvalue weighted by molar-refractivity contribution is -0.111. The summed E-state index contributed by atoms with van der Waals surface area (Å²) in [5, 5.41) is 5.71. The zero-order valence-corrected chi connectivity index (χ0v) is 17.7.